The number of aliphatic carboxylic acids is 1. The number of carbonyl (C=O) groups is 4. The second kappa shape index (κ2) is 11.0. The summed E-state index contributed by atoms with van der Waals surface area (Å²) in [5, 5.41) is 11.7. The molecule has 0 aromatic heterocycles. The Labute approximate surface area is 187 Å². The number of nitrogens with one attached hydrogen (secondary N) is 1. The molecule has 9 heteroatoms. The van der Waals surface area contributed by atoms with E-state index in [1.54, 1.807) is 30.3 Å². The minimum Gasteiger partial charge on any atom is -0.479 e. The molecule has 2 amide bonds. The van der Waals surface area contributed by atoms with Crippen LogP contribution in [0, 0.1) is 17.8 Å². The van der Waals surface area contributed by atoms with Crippen molar-refractivity contribution in [1.82, 2.24) is 5.32 Å². The van der Waals surface area contributed by atoms with Crippen molar-refractivity contribution in [3.8, 4) is 0 Å². The molecule has 4 N–H and O–H groups in total. The Morgan fingerprint density at radius 2 is 1.84 bits per heavy atom. The summed E-state index contributed by atoms with van der Waals surface area (Å²) in [4.78, 5) is 49.0. The van der Waals surface area contributed by atoms with Crippen molar-refractivity contribution in [2.24, 2.45) is 23.5 Å². The fourth-order valence-corrected chi connectivity index (χ4v) is 4.04. The van der Waals surface area contributed by atoms with Crippen LogP contribution in [-0.4, -0.2) is 40.7 Å². The van der Waals surface area contributed by atoms with E-state index in [0.717, 1.165) is 12.8 Å². The number of alkyl carbamates (subject to hydrolysis) is 1. The first-order valence-electron chi connectivity index (χ1n) is 10.8. The molecule has 0 aliphatic heterocycles. The van der Waals surface area contributed by atoms with E-state index in [2.05, 4.69) is 6.92 Å². The van der Waals surface area contributed by atoms with E-state index in [0.29, 0.717) is 17.9 Å². The molecule has 0 saturated heterocycles. The summed E-state index contributed by atoms with van der Waals surface area (Å²) in [6, 6.07) is 8.69. The standard InChI is InChI=1S/C23H32N2O7/c1-14(2)17-10-9-15(3)11-18(17)32-19(26)12-23(20(24)27,21(28)29)25-22(30)31-13-16-7-5-4-6-8-16/h4-8,14-15,17-18H,9-13H2,1-3H3,(H2,24,27)(H,25,30)(H,28,29)/t15?,17?,18?,23-/m0/s1. The Morgan fingerprint density at radius 3 is 2.41 bits per heavy atom. The van der Waals surface area contributed by atoms with Crippen LogP contribution >= 0.6 is 0 Å². The smallest absolute Gasteiger partial charge is 0.408 e. The molecule has 1 aliphatic carbocycles. The third kappa shape index (κ3) is 6.45. The van der Waals surface area contributed by atoms with Gasteiger partial charge in [0.1, 0.15) is 12.7 Å². The summed E-state index contributed by atoms with van der Waals surface area (Å²) >= 11 is 0. The second-order valence-electron chi connectivity index (χ2n) is 8.79. The van der Waals surface area contributed by atoms with Gasteiger partial charge in [0.15, 0.2) is 0 Å². The minimum atomic E-state index is -2.68. The largest absolute Gasteiger partial charge is 0.479 e. The summed E-state index contributed by atoms with van der Waals surface area (Å²) in [5.41, 5.74) is 3.29. The maximum atomic E-state index is 12.7. The summed E-state index contributed by atoms with van der Waals surface area (Å²) < 4.78 is 10.6. The van der Waals surface area contributed by atoms with Crippen molar-refractivity contribution >= 4 is 23.9 Å². The quantitative estimate of drug-likeness (QED) is 0.389. The van der Waals surface area contributed by atoms with E-state index in [9.17, 15) is 24.3 Å². The maximum absolute atomic E-state index is 12.7. The Balaban J connectivity index is 2.10. The van der Waals surface area contributed by atoms with Gasteiger partial charge in [-0.25, -0.2) is 9.59 Å². The van der Waals surface area contributed by atoms with Crippen LogP contribution in [0.2, 0.25) is 0 Å². The van der Waals surface area contributed by atoms with Crippen LogP contribution in [0.4, 0.5) is 4.79 Å². The number of esters is 1. The number of carboxylic acids is 1. The Hall–Kier alpha value is -3.10. The molecule has 1 aromatic carbocycles. The number of hydrogen-bond acceptors (Lipinski definition) is 6. The number of carbonyl (C=O) groups excluding carboxylic acids is 3. The number of benzene rings is 1. The van der Waals surface area contributed by atoms with E-state index >= 15 is 0 Å². The lowest BCUT2D eigenvalue weighted by molar-refractivity contribution is -0.164. The average molecular weight is 449 g/mol. The van der Waals surface area contributed by atoms with Gasteiger partial charge in [-0.1, -0.05) is 57.5 Å². The zero-order valence-corrected chi connectivity index (χ0v) is 18.7. The zero-order valence-electron chi connectivity index (χ0n) is 18.7. The van der Waals surface area contributed by atoms with Crippen molar-refractivity contribution in [2.45, 2.75) is 64.7 Å². The molecule has 1 saturated carbocycles. The predicted octanol–water partition coefficient (Wildman–Crippen LogP) is 2.62. The second-order valence-corrected chi connectivity index (χ2v) is 8.79. The zero-order chi connectivity index (χ0) is 23.9. The van der Waals surface area contributed by atoms with Crippen LogP contribution in [0.1, 0.15) is 52.0 Å². The number of hydrogen-bond donors (Lipinski definition) is 3. The molecule has 1 fully saturated rings. The first-order valence-corrected chi connectivity index (χ1v) is 10.8. The van der Waals surface area contributed by atoms with Gasteiger partial charge < -0.3 is 20.3 Å². The SMILES string of the molecule is CC1CCC(C(C)C)C(OC(=O)C[C@](NC(=O)OCc2ccccc2)(C(N)=O)C(=O)O)C1. The van der Waals surface area contributed by atoms with E-state index < -0.39 is 42.0 Å². The molecule has 0 bridgehead atoms. The third-order valence-corrected chi connectivity index (χ3v) is 5.97. The number of nitrogens with two attached hydrogens (primary N) is 1. The molecule has 2 rings (SSSR count). The molecule has 0 spiro atoms. The van der Waals surface area contributed by atoms with Gasteiger partial charge in [0.25, 0.3) is 5.91 Å². The van der Waals surface area contributed by atoms with Crippen LogP contribution in [0.3, 0.4) is 0 Å². The van der Waals surface area contributed by atoms with Gasteiger partial charge in [-0.05, 0) is 36.2 Å². The summed E-state index contributed by atoms with van der Waals surface area (Å²) in [7, 11) is 0. The lowest BCUT2D eigenvalue weighted by Crippen LogP contribution is -2.64. The summed E-state index contributed by atoms with van der Waals surface area (Å²) in [5.74, 6) is -3.32. The summed E-state index contributed by atoms with van der Waals surface area (Å²) in [6.45, 7) is 5.99. The Bertz CT molecular complexity index is 811. The van der Waals surface area contributed by atoms with Crippen LogP contribution in [0.25, 0.3) is 0 Å². The molecule has 0 radical (unpaired) electrons. The van der Waals surface area contributed by atoms with Crippen LogP contribution in [0.15, 0.2) is 30.3 Å². The van der Waals surface area contributed by atoms with E-state index in [1.165, 1.54) is 0 Å². The third-order valence-electron chi connectivity index (χ3n) is 5.97. The van der Waals surface area contributed by atoms with Crippen LogP contribution in [0.5, 0.6) is 0 Å². The van der Waals surface area contributed by atoms with Crippen molar-refractivity contribution in [2.75, 3.05) is 0 Å². The van der Waals surface area contributed by atoms with Crippen LogP contribution < -0.4 is 11.1 Å². The topological polar surface area (TPSA) is 145 Å². The van der Waals surface area contributed by atoms with E-state index in [-0.39, 0.29) is 18.4 Å². The van der Waals surface area contributed by atoms with Gasteiger partial charge >= 0.3 is 18.0 Å². The number of amides is 2. The highest BCUT2D eigenvalue weighted by atomic mass is 16.6. The predicted molar refractivity (Wildman–Crippen MR) is 115 cm³/mol. The fraction of sp³-hybridized carbons (Fsp3) is 0.565. The lowest BCUT2D eigenvalue weighted by atomic mass is 9.75. The van der Waals surface area contributed by atoms with Gasteiger partial charge in [-0.3, -0.25) is 14.9 Å². The molecule has 9 nitrogen and oxygen atoms in total. The first kappa shape index (κ1) is 25.2. The highest BCUT2D eigenvalue weighted by Crippen LogP contribution is 2.35. The van der Waals surface area contributed by atoms with Crippen molar-refractivity contribution in [3.63, 3.8) is 0 Å². The van der Waals surface area contributed by atoms with E-state index in [1.807, 2.05) is 19.2 Å². The van der Waals surface area contributed by atoms with Gasteiger partial charge in [-0.15, -0.1) is 0 Å². The van der Waals surface area contributed by atoms with Gasteiger partial charge in [0, 0.05) is 0 Å². The number of primary amides is 1. The molecule has 176 valence electrons. The van der Waals surface area contributed by atoms with Crippen LogP contribution in [-0.2, 0) is 30.5 Å². The number of rotatable bonds is 9. The van der Waals surface area contributed by atoms with Crippen molar-refractivity contribution < 1.29 is 33.8 Å². The fourth-order valence-electron chi connectivity index (χ4n) is 4.04. The maximum Gasteiger partial charge on any atom is 0.408 e. The molecule has 0 heterocycles. The highest BCUT2D eigenvalue weighted by Gasteiger charge is 2.50. The van der Waals surface area contributed by atoms with Gasteiger partial charge in [0.2, 0.25) is 5.54 Å². The number of ether oxygens (including phenoxy) is 2. The molecule has 3 unspecified atom stereocenters. The minimum absolute atomic E-state index is 0.131. The molecular weight excluding hydrogens is 416 g/mol. The Morgan fingerprint density at radius 1 is 1.19 bits per heavy atom. The highest BCUT2D eigenvalue weighted by molar-refractivity contribution is 6.10. The van der Waals surface area contributed by atoms with Crippen molar-refractivity contribution in [3.05, 3.63) is 35.9 Å². The molecule has 1 aromatic rings. The number of carboxylic acid groups (broad SMARTS) is 1. The lowest BCUT2D eigenvalue weighted by Gasteiger charge is -2.37. The summed E-state index contributed by atoms with van der Waals surface area (Å²) in [6.07, 6.45) is 0.0445. The monoisotopic (exact) mass is 448 g/mol. The van der Waals surface area contributed by atoms with Crippen molar-refractivity contribution in [1.29, 1.82) is 0 Å². The average Bonchev–Trinajstić information content (AvgIpc) is 2.72. The molecular formula is C23H32N2O7. The Kier molecular flexibility index (Phi) is 8.63. The first-order chi connectivity index (χ1) is 15.0. The molecule has 32 heavy (non-hydrogen) atoms. The van der Waals surface area contributed by atoms with Gasteiger partial charge in [-0.2, -0.15) is 0 Å². The molecule has 1 aliphatic rings. The molecule has 4 atom stereocenters. The van der Waals surface area contributed by atoms with Gasteiger partial charge in [0.05, 0.1) is 6.42 Å². The normalized spacial score (nSPS) is 22.4. The van der Waals surface area contributed by atoms with E-state index in [4.69, 9.17) is 15.2 Å².